The second-order valence-electron chi connectivity index (χ2n) is 5.63. The standard InChI is InChI=1S/C16H23NO2/c18-13-16(10-4-5-11-16)12-17-15(19)9-8-14-6-2-1-3-7-14/h1-3,6-7,18H,4-5,8-13H2,(H,17,19). The van der Waals surface area contributed by atoms with E-state index in [0.29, 0.717) is 13.0 Å². The first-order valence-corrected chi connectivity index (χ1v) is 7.16. The Morgan fingerprint density at radius 2 is 1.89 bits per heavy atom. The molecule has 3 heteroatoms. The molecule has 1 aliphatic rings. The van der Waals surface area contributed by atoms with Gasteiger partial charge in [-0.1, -0.05) is 43.2 Å². The van der Waals surface area contributed by atoms with Gasteiger partial charge >= 0.3 is 0 Å². The lowest BCUT2D eigenvalue weighted by Gasteiger charge is -2.26. The van der Waals surface area contributed by atoms with E-state index in [1.165, 1.54) is 18.4 Å². The van der Waals surface area contributed by atoms with Gasteiger partial charge in [0, 0.05) is 18.4 Å². The fraction of sp³-hybridized carbons (Fsp3) is 0.562. The van der Waals surface area contributed by atoms with Crippen LogP contribution in [0.5, 0.6) is 0 Å². The van der Waals surface area contributed by atoms with E-state index in [-0.39, 0.29) is 17.9 Å². The van der Waals surface area contributed by atoms with Gasteiger partial charge < -0.3 is 10.4 Å². The molecular weight excluding hydrogens is 238 g/mol. The summed E-state index contributed by atoms with van der Waals surface area (Å²) in [6.07, 6.45) is 5.69. The summed E-state index contributed by atoms with van der Waals surface area (Å²) in [7, 11) is 0. The van der Waals surface area contributed by atoms with Crippen LogP contribution in [0.15, 0.2) is 30.3 Å². The minimum Gasteiger partial charge on any atom is -0.396 e. The first kappa shape index (κ1) is 14.1. The Bertz CT molecular complexity index is 396. The highest BCUT2D eigenvalue weighted by molar-refractivity contribution is 5.76. The normalized spacial score (nSPS) is 17.3. The summed E-state index contributed by atoms with van der Waals surface area (Å²) >= 11 is 0. The minimum atomic E-state index is -0.0532. The molecule has 3 nitrogen and oxygen atoms in total. The van der Waals surface area contributed by atoms with Crippen molar-refractivity contribution in [2.75, 3.05) is 13.2 Å². The van der Waals surface area contributed by atoms with Crippen LogP contribution in [0.4, 0.5) is 0 Å². The van der Waals surface area contributed by atoms with Gasteiger partial charge in [-0.3, -0.25) is 4.79 Å². The van der Waals surface area contributed by atoms with E-state index in [1.807, 2.05) is 30.3 Å². The highest BCUT2D eigenvalue weighted by Gasteiger charge is 2.33. The molecule has 2 rings (SSSR count). The van der Waals surface area contributed by atoms with Crippen molar-refractivity contribution in [3.05, 3.63) is 35.9 Å². The van der Waals surface area contributed by atoms with E-state index in [4.69, 9.17) is 0 Å². The molecule has 0 unspecified atom stereocenters. The molecule has 104 valence electrons. The third-order valence-electron chi connectivity index (χ3n) is 4.14. The van der Waals surface area contributed by atoms with Crippen molar-refractivity contribution in [3.8, 4) is 0 Å². The number of hydrogen-bond donors (Lipinski definition) is 2. The molecule has 19 heavy (non-hydrogen) atoms. The SMILES string of the molecule is O=C(CCc1ccccc1)NCC1(CO)CCCC1. The monoisotopic (exact) mass is 261 g/mol. The molecule has 1 aromatic rings. The van der Waals surface area contributed by atoms with Crippen LogP contribution in [0.25, 0.3) is 0 Å². The van der Waals surface area contributed by atoms with Gasteiger partial charge in [-0.2, -0.15) is 0 Å². The number of aliphatic hydroxyl groups is 1. The van der Waals surface area contributed by atoms with Crippen LogP contribution in [0.2, 0.25) is 0 Å². The molecule has 2 N–H and O–H groups in total. The molecule has 0 radical (unpaired) electrons. The minimum absolute atomic E-state index is 0.0532. The first-order valence-electron chi connectivity index (χ1n) is 7.16. The third-order valence-corrected chi connectivity index (χ3v) is 4.14. The molecule has 1 aromatic carbocycles. The topological polar surface area (TPSA) is 49.3 Å². The predicted molar refractivity (Wildman–Crippen MR) is 75.8 cm³/mol. The van der Waals surface area contributed by atoms with Crippen molar-refractivity contribution < 1.29 is 9.90 Å². The predicted octanol–water partition coefficient (Wildman–Crippen LogP) is 2.29. The number of amides is 1. The molecule has 1 amide bonds. The lowest BCUT2D eigenvalue weighted by Crippen LogP contribution is -2.38. The average Bonchev–Trinajstić information content (AvgIpc) is 2.93. The van der Waals surface area contributed by atoms with Crippen LogP contribution in [0, 0.1) is 5.41 Å². The second-order valence-corrected chi connectivity index (χ2v) is 5.63. The number of aryl methyl sites for hydroxylation is 1. The number of hydrogen-bond acceptors (Lipinski definition) is 2. The molecule has 0 spiro atoms. The Kier molecular flexibility index (Phi) is 4.97. The Labute approximate surface area is 115 Å². The second kappa shape index (κ2) is 6.71. The van der Waals surface area contributed by atoms with E-state index in [0.717, 1.165) is 19.3 Å². The van der Waals surface area contributed by atoms with Crippen molar-refractivity contribution in [2.45, 2.75) is 38.5 Å². The van der Waals surface area contributed by atoms with Gasteiger partial charge in [0.25, 0.3) is 0 Å². The quantitative estimate of drug-likeness (QED) is 0.825. The fourth-order valence-electron chi connectivity index (χ4n) is 2.79. The zero-order chi connectivity index (χ0) is 13.6. The highest BCUT2D eigenvalue weighted by Crippen LogP contribution is 2.36. The lowest BCUT2D eigenvalue weighted by atomic mass is 9.87. The van der Waals surface area contributed by atoms with Crippen LogP contribution in [0.3, 0.4) is 0 Å². The maximum Gasteiger partial charge on any atom is 0.220 e. The van der Waals surface area contributed by atoms with E-state index >= 15 is 0 Å². The molecule has 0 aliphatic heterocycles. The number of carbonyl (C=O) groups excluding carboxylic acids is 1. The van der Waals surface area contributed by atoms with Crippen LogP contribution in [-0.2, 0) is 11.2 Å². The largest absolute Gasteiger partial charge is 0.396 e. The maximum absolute atomic E-state index is 11.8. The van der Waals surface area contributed by atoms with E-state index in [2.05, 4.69) is 5.32 Å². The van der Waals surface area contributed by atoms with Gasteiger partial charge in [-0.05, 0) is 24.8 Å². The highest BCUT2D eigenvalue weighted by atomic mass is 16.3. The molecular formula is C16H23NO2. The Morgan fingerprint density at radius 3 is 2.53 bits per heavy atom. The third kappa shape index (κ3) is 4.06. The summed E-state index contributed by atoms with van der Waals surface area (Å²) in [5, 5.41) is 12.5. The zero-order valence-electron chi connectivity index (χ0n) is 11.4. The number of benzene rings is 1. The van der Waals surface area contributed by atoms with Crippen LogP contribution < -0.4 is 5.32 Å². The van der Waals surface area contributed by atoms with Crippen LogP contribution >= 0.6 is 0 Å². The van der Waals surface area contributed by atoms with Crippen molar-refractivity contribution in [3.63, 3.8) is 0 Å². The number of aliphatic hydroxyl groups excluding tert-OH is 1. The van der Waals surface area contributed by atoms with Crippen molar-refractivity contribution in [2.24, 2.45) is 5.41 Å². The van der Waals surface area contributed by atoms with Crippen molar-refractivity contribution in [1.29, 1.82) is 0 Å². The van der Waals surface area contributed by atoms with Gasteiger partial charge in [-0.15, -0.1) is 0 Å². The first-order chi connectivity index (χ1) is 9.24. The van der Waals surface area contributed by atoms with Crippen LogP contribution in [-0.4, -0.2) is 24.2 Å². The van der Waals surface area contributed by atoms with Gasteiger partial charge in [0.05, 0.1) is 6.61 Å². The summed E-state index contributed by atoms with van der Waals surface area (Å²) in [5.74, 6) is 0.0866. The number of nitrogens with one attached hydrogen (secondary N) is 1. The Balaban J connectivity index is 1.72. The summed E-state index contributed by atoms with van der Waals surface area (Å²) in [6.45, 7) is 0.809. The fourth-order valence-corrected chi connectivity index (χ4v) is 2.79. The molecule has 0 saturated heterocycles. The summed E-state index contributed by atoms with van der Waals surface area (Å²) in [4.78, 5) is 11.8. The van der Waals surface area contributed by atoms with Crippen molar-refractivity contribution >= 4 is 5.91 Å². The lowest BCUT2D eigenvalue weighted by molar-refractivity contribution is -0.121. The smallest absolute Gasteiger partial charge is 0.220 e. The Hall–Kier alpha value is -1.35. The summed E-state index contributed by atoms with van der Waals surface area (Å²) < 4.78 is 0. The average molecular weight is 261 g/mol. The van der Waals surface area contributed by atoms with Gasteiger partial charge in [0.1, 0.15) is 0 Å². The molecule has 1 fully saturated rings. The van der Waals surface area contributed by atoms with E-state index < -0.39 is 0 Å². The molecule has 0 aromatic heterocycles. The van der Waals surface area contributed by atoms with Crippen LogP contribution in [0.1, 0.15) is 37.7 Å². The van der Waals surface area contributed by atoms with Gasteiger partial charge in [0.2, 0.25) is 5.91 Å². The van der Waals surface area contributed by atoms with E-state index in [9.17, 15) is 9.90 Å². The maximum atomic E-state index is 11.8. The molecule has 0 heterocycles. The molecule has 1 aliphatic carbocycles. The van der Waals surface area contributed by atoms with E-state index in [1.54, 1.807) is 0 Å². The summed E-state index contributed by atoms with van der Waals surface area (Å²) in [5.41, 5.74) is 1.14. The molecule has 1 saturated carbocycles. The van der Waals surface area contributed by atoms with Gasteiger partial charge in [-0.25, -0.2) is 0 Å². The zero-order valence-corrected chi connectivity index (χ0v) is 11.4. The molecule has 0 atom stereocenters. The Morgan fingerprint density at radius 1 is 1.21 bits per heavy atom. The number of rotatable bonds is 6. The van der Waals surface area contributed by atoms with Gasteiger partial charge in [0.15, 0.2) is 0 Å². The van der Waals surface area contributed by atoms with Crippen molar-refractivity contribution in [1.82, 2.24) is 5.32 Å². The molecule has 0 bridgehead atoms. The summed E-state index contributed by atoms with van der Waals surface area (Å²) in [6, 6.07) is 10.0. The number of carbonyl (C=O) groups is 1.